The number of rotatable bonds is 9. The molecule has 2 heterocycles. The summed E-state index contributed by atoms with van der Waals surface area (Å²) in [7, 11) is 0. The largest absolute Gasteiger partial charge is 0.435 e. The summed E-state index contributed by atoms with van der Waals surface area (Å²) in [5, 5.41) is 20.5. The molecule has 0 unspecified atom stereocenters. The minimum absolute atomic E-state index is 0.0563. The van der Waals surface area contributed by atoms with Gasteiger partial charge in [-0.3, -0.25) is 24.3 Å². The number of nitrogens with one attached hydrogen (secondary N) is 1. The van der Waals surface area contributed by atoms with Gasteiger partial charge in [0.15, 0.2) is 5.69 Å². The van der Waals surface area contributed by atoms with Crippen molar-refractivity contribution in [1.29, 1.82) is 0 Å². The highest BCUT2D eigenvalue weighted by Crippen LogP contribution is 2.42. The zero-order chi connectivity index (χ0) is 22.9. The molecule has 31 heavy (non-hydrogen) atoms. The van der Waals surface area contributed by atoms with E-state index in [2.05, 4.69) is 15.5 Å². The molecule has 0 spiro atoms. The Labute approximate surface area is 172 Å². The molecule has 2 aromatic rings. The normalized spacial score (nSPS) is 14.3. The standard InChI is InChI=1S/C17H19F5N6O3/c1-9-15(28(30)31)14(16(18)19)25-27(9)8-13(29)23-5-2-6-26-11(10-3-4-10)7-12(24-26)17(20,21)22/h7,10,16H,2-6,8H2,1H3,(H,23,29). The number of amides is 1. The number of hydrogen-bond acceptors (Lipinski definition) is 5. The van der Waals surface area contributed by atoms with Gasteiger partial charge >= 0.3 is 11.9 Å². The van der Waals surface area contributed by atoms with E-state index in [1.807, 2.05) is 0 Å². The van der Waals surface area contributed by atoms with E-state index in [1.165, 1.54) is 11.6 Å². The van der Waals surface area contributed by atoms with Crippen LogP contribution < -0.4 is 5.32 Å². The Balaban J connectivity index is 1.56. The van der Waals surface area contributed by atoms with Gasteiger partial charge in [-0.2, -0.15) is 23.4 Å². The van der Waals surface area contributed by atoms with E-state index >= 15 is 0 Å². The second-order valence-corrected chi connectivity index (χ2v) is 7.19. The first kappa shape index (κ1) is 22.6. The van der Waals surface area contributed by atoms with Gasteiger partial charge in [0.05, 0.1) is 4.92 Å². The van der Waals surface area contributed by atoms with Crippen LogP contribution in [0.15, 0.2) is 6.07 Å². The third kappa shape index (κ3) is 5.17. The van der Waals surface area contributed by atoms with Crippen LogP contribution in [0.2, 0.25) is 0 Å². The van der Waals surface area contributed by atoms with Gasteiger partial charge in [0.25, 0.3) is 6.43 Å². The first-order chi connectivity index (χ1) is 14.5. The van der Waals surface area contributed by atoms with E-state index in [0.29, 0.717) is 5.69 Å². The fraction of sp³-hybridized carbons (Fsp3) is 0.588. The Hall–Kier alpha value is -3.06. The highest BCUT2D eigenvalue weighted by atomic mass is 19.4. The second kappa shape index (κ2) is 8.59. The molecule has 2 aromatic heterocycles. The number of carbonyl (C=O) groups is 1. The number of aryl methyl sites for hydroxylation is 1. The summed E-state index contributed by atoms with van der Waals surface area (Å²) in [6.07, 6.45) is -5.82. The number of carbonyl (C=O) groups excluding carboxylic acids is 1. The molecule has 9 nitrogen and oxygen atoms in total. The Bertz CT molecular complexity index is 980. The number of hydrogen-bond donors (Lipinski definition) is 1. The Morgan fingerprint density at radius 3 is 2.52 bits per heavy atom. The molecule has 1 N–H and O–H groups in total. The maximum Gasteiger partial charge on any atom is 0.435 e. The van der Waals surface area contributed by atoms with Crippen LogP contribution in [0.1, 0.15) is 54.4 Å². The number of nitrogens with zero attached hydrogens (tertiary/aromatic N) is 5. The molecule has 0 atom stereocenters. The average molecular weight is 450 g/mol. The quantitative estimate of drug-likeness (QED) is 0.273. The van der Waals surface area contributed by atoms with Crippen molar-refractivity contribution in [3.05, 3.63) is 39.0 Å². The Morgan fingerprint density at radius 2 is 2.00 bits per heavy atom. The Morgan fingerprint density at radius 1 is 1.32 bits per heavy atom. The third-order valence-corrected chi connectivity index (χ3v) is 4.85. The maximum absolute atomic E-state index is 12.9. The van der Waals surface area contributed by atoms with Gasteiger partial charge in [-0.25, -0.2) is 8.78 Å². The molecule has 0 aliphatic heterocycles. The molecule has 0 radical (unpaired) electrons. The van der Waals surface area contributed by atoms with Crippen LogP contribution in [0.3, 0.4) is 0 Å². The maximum atomic E-state index is 12.9. The monoisotopic (exact) mass is 450 g/mol. The van der Waals surface area contributed by atoms with Crippen LogP contribution in [-0.4, -0.2) is 36.9 Å². The molecule has 170 valence electrons. The summed E-state index contributed by atoms with van der Waals surface area (Å²) in [6.45, 7) is 0.949. The van der Waals surface area contributed by atoms with Crippen molar-refractivity contribution in [3.8, 4) is 0 Å². The molecule has 1 aliphatic rings. The summed E-state index contributed by atoms with van der Waals surface area (Å²) in [6, 6.07) is 1.05. The smallest absolute Gasteiger partial charge is 0.354 e. The minimum Gasteiger partial charge on any atom is -0.354 e. The predicted octanol–water partition coefficient (Wildman–Crippen LogP) is 3.34. The van der Waals surface area contributed by atoms with E-state index in [0.717, 1.165) is 23.6 Å². The number of halogens is 5. The first-order valence-corrected chi connectivity index (χ1v) is 9.40. The Kier molecular flexibility index (Phi) is 6.27. The molecular formula is C17H19F5N6O3. The number of alkyl halides is 5. The fourth-order valence-corrected chi connectivity index (χ4v) is 3.19. The van der Waals surface area contributed by atoms with E-state index in [4.69, 9.17) is 0 Å². The van der Waals surface area contributed by atoms with Crippen LogP contribution in [0.4, 0.5) is 27.6 Å². The van der Waals surface area contributed by atoms with Gasteiger partial charge in [-0.05, 0) is 32.3 Å². The highest BCUT2D eigenvalue weighted by Gasteiger charge is 2.37. The summed E-state index contributed by atoms with van der Waals surface area (Å²) < 4.78 is 66.7. The molecular weight excluding hydrogens is 431 g/mol. The van der Waals surface area contributed by atoms with E-state index < -0.39 is 47.1 Å². The fourth-order valence-electron chi connectivity index (χ4n) is 3.19. The molecule has 1 aliphatic carbocycles. The van der Waals surface area contributed by atoms with Gasteiger partial charge in [0, 0.05) is 24.7 Å². The summed E-state index contributed by atoms with van der Waals surface area (Å²) >= 11 is 0. The topological polar surface area (TPSA) is 108 Å². The summed E-state index contributed by atoms with van der Waals surface area (Å²) in [5.74, 6) is -0.569. The lowest BCUT2D eigenvalue weighted by atomic mass is 10.2. The van der Waals surface area contributed by atoms with Crippen molar-refractivity contribution in [2.24, 2.45) is 0 Å². The van der Waals surface area contributed by atoms with Crippen LogP contribution in [0.25, 0.3) is 0 Å². The minimum atomic E-state index is -4.54. The van der Waals surface area contributed by atoms with Gasteiger partial charge in [0.1, 0.15) is 12.2 Å². The van der Waals surface area contributed by atoms with Gasteiger partial charge in [-0.1, -0.05) is 0 Å². The van der Waals surface area contributed by atoms with Crippen LogP contribution in [-0.2, 0) is 24.1 Å². The zero-order valence-electron chi connectivity index (χ0n) is 16.3. The molecule has 1 amide bonds. The van der Waals surface area contributed by atoms with E-state index in [-0.39, 0.29) is 31.1 Å². The predicted molar refractivity (Wildman–Crippen MR) is 95.4 cm³/mol. The second-order valence-electron chi connectivity index (χ2n) is 7.19. The molecule has 0 aromatic carbocycles. The summed E-state index contributed by atoms with van der Waals surface area (Å²) in [4.78, 5) is 22.1. The molecule has 0 saturated heterocycles. The molecule has 14 heteroatoms. The SMILES string of the molecule is Cc1c([N+](=O)[O-])c(C(F)F)nn1CC(=O)NCCCn1nc(C(F)(F)F)cc1C1CC1. The van der Waals surface area contributed by atoms with Crippen molar-refractivity contribution >= 4 is 11.6 Å². The molecule has 1 saturated carbocycles. The van der Waals surface area contributed by atoms with Crippen molar-refractivity contribution < 1.29 is 31.7 Å². The van der Waals surface area contributed by atoms with Gasteiger partial charge in [0.2, 0.25) is 11.6 Å². The number of nitro groups is 1. The van der Waals surface area contributed by atoms with Crippen molar-refractivity contribution in [2.45, 2.75) is 57.8 Å². The molecule has 0 bridgehead atoms. The third-order valence-electron chi connectivity index (χ3n) is 4.85. The first-order valence-electron chi connectivity index (χ1n) is 9.40. The molecule has 1 fully saturated rings. The van der Waals surface area contributed by atoms with E-state index in [1.54, 1.807) is 0 Å². The lowest BCUT2D eigenvalue weighted by Gasteiger charge is -2.09. The molecule has 3 rings (SSSR count). The van der Waals surface area contributed by atoms with E-state index in [9.17, 15) is 36.9 Å². The zero-order valence-corrected chi connectivity index (χ0v) is 16.3. The van der Waals surface area contributed by atoms with Gasteiger partial charge in [-0.15, -0.1) is 0 Å². The lowest BCUT2D eigenvalue weighted by Crippen LogP contribution is -2.30. The van der Waals surface area contributed by atoms with Crippen LogP contribution >= 0.6 is 0 Å². The average Bonchev–Trinajstić information content (AvgIpc) is 3.32. The lowest BCUT2D eigenvalue weighted by molar-refractivity contribution is -0.386. The number of aromatic nitrogens is 4. The van der Waals surface area contributed by atoms with Gasteiger partial charge < -0.3 is 5.32 Å². The van der Waals surface area contributed by atoms with Crippen LogP contribution in [0, 0.1) is 17.0 Å². The van der Waals surface area contributed by atoms with Crippen molar-refractivity contribution in [2.75, 3.05) is 6.54 Å². The van der Waals surface area contributed by atoms with Crippen molar-refractivity contribution in [1.82, 2.24) is 24.9 Å². The van der Waals surface area contributed by atoms with Crippen molar-refractivity contribution in [3.63, 3.8) is 0 Å². The van der Waals surface area contributed by atoms with Crippen LogP contribution in [0.5, 0.6) is 0 Å². The summed E-state index contributed by atoms with van der Waals surface area (Å²) in [5.41, 5.74) is -2.47. The highest BCUT2D eigenvalue weighted by molar-refractivity contribution is 5.75.